The lowest BCUT2D eigenvalue weighted by molar-refractivity contribution is 0.344. The van der Waals surface area contributed by atoms with E-state index in [2.05, 4.69) is 73.3 Å². The Morgan fingerprint density at radius 3 is 1.43 bits per heavy atom. The summed E-state index contributed by atoms with van der Waals surface area (Å²) in [4.78, 5) is 0. The van der Waals surface area contributed by atoms with Crippen LogP contribution in [-0.2, 0) is 0 Å². The molecular formula is C21H34N2. The van der Waals surface area contributed by atoms with Gasteiger partial charge in [-0.05, 0) is 50.2 Å². The summed E-state index contributed by atoms with van der Waals surface area (Å²) in [5.41, 5.74) is 0.409. The largest absolute Gasteiger partial charge is 0.382 e. The van der Waals surface area contributed by atoms with Crippen molar-refractivity contribution in [1.29, 1.82) is 0 Å². The molecular weight excluding hydrogens is 280 g/mol. The monoisotopic (exact) mass is 314 g/mol. The molecule has 0 saturated carbocycles. The minimum Gasteiger partial charge on any atom is -0.382 e. The fraction of sp³-hybridized carbons (Fsp3) is 0.619. The quantitative estimate of drug-likeness (QED) is 0.530. The lowest BCUT2D eigenvalue weighted by Crippen LogP contribution is -2.41. The van der Waals surface area contributed by atoms with Crippen LogP contribution in [0.2, 0.25) is 0 Å². The van der Waals surface area contributed by atoms with Crippen molar-refractivity contribution in [2.75, 3.05) is 0 Å². The SMILES string of the molecule is CCCC1(CCCCCC2(CCC)C=CC=CN2)C=CC=CN1. The predicted molar refractivity (Wildman–Crippen MR) is 101 cm³/mol. The Morgan fingerprint density at radius 2 is 1.09 bits per heavy atom. The first kappa shape index (κ1) is 17.9. The summed E-state index contributed by atoms with van der Waals surface area (Å²) in [6.07, 6.45) is 28.8. The zero-order valence-electron chi connectivity index (χ0n) is 15.0. The predicted octanol–water partition coefficient (Wildman–Crippen LogP) is 5.36. The van der Waals surface area contributed by atoms with Gasteiger partial charge in [0.1, 0.15) is 0 Å². The molecule has 0 aromatic carbocycles. The summed E-state index contributed by atoms with van der Waals surface area (Å²) in [6.45, 7) is 4.55. The first-order chi connectivity index (χ1) is 11.2. The second-order valence-electron chi connectivity index (χ2n) is 7.10. The molecule has 2 atom stereocenters. The lowest BCUT2D eigenvalue weighted by atomic mass is 9.83. The van der Waals surface area contributed by atoms with E-state index >= 15 is 0 Å². The number of dihydropyridines is 2. The molecule has 0 aliphatic carbocycles. The van der Waals surface area contributed by atoms with Crippen LogP contribution in [0.4, 0.5) is 0 Å². The standard InChI is InChI=1S/C21H34N2/c1-3-12-20(16-8-10-18-22-20)14-6-5-7-15-21(13-4-2)17-9-11-19-23-21/h8-11,16-19,22-23H,3-7,12-15H2,1-2H3. The van der Waals surface area contributed by atoms with E-state index in [1.807, 2.05) is 0 Å². The molecule has 2 heteroatoms. The lowest BCUT2D eigenvalue weighted by Gasteiger charge is -2.34. The molecule has 2 rings (SSSR count). The molecule has 2 nitrogen and oxygen atoms in total. The average molecular weight is 315 g/mol. The number of nitrogens with one attached hydrogen (secondary N) is 2. The Bertz CT molecular complexity index is 418. The molecule has 128 valence electrons. The maximum atomic E-state index is 3.60. The first-order valence-corrected chi connectivity index (χ1v) is 9.48. The Hall–Kier alpha value is -1.44. The van der Waals surface area contributed by atoms with Gasteiger partial charge >= 0.3 is 0 Å². The van der Waals surface area contributed by atoms with E-state index in [9.17, 15) is 0 Å². The molecule has 0 saturated heterocycles. The van der Waals surface area contributed by atoms with Gasteiger partial charge in [0, 0.05) is 0 Å². The molecule has 0 bridgehead atoms. The summed E-state index contributed by atoms with van der Waals surface area (Å²) in [6, 6.07) is 0. The number of rotatable bonds is 10. The smallest absolute Gasteiger partial charge is 0.0553 e. The molecule has 0 aromatic rings. The fourth-order valence-corrected chi connectivity index (χ4v) is 3.94. The van der Waals surface area contributed by atoms with Gasteiger partial charge in [0.2, 0.25) is 0 Å². The highest BCUT2D eigenvalue weighted by Crippen LogP contribution is 2.28. The molecule has 0 aromatic heterocycles. The van der Waals surface area contributed by atoms with Crippen LogP contribution < -0.4 is 10.6 Å². The highest BCUT2D eigenvalue weighted by Gasteiger charge is 2.27. The Balaban J connectivity index is 1.74. The van der Waals surface area contributed by atoms with Gasteiger partial charge in [-0.15, -0.1) is 0 Å². The van der Waals surface area contributed by atoms with Crippen molar-refractivity contribution in [1.82, 2.24) is 10.6 Å². The van der Waals surface area contributed by atoms with Gasteiger partial charge in [0.25, 0.3) is 0 Å². The van der Waals surface area contributed by atoms with Crippen molar-refractivity contribution in [3.63, 3.8) is 0 Å². The van der Waals surface area contributed by atoms with Crippen LogP contribution in [0.15, 0.2) is 48.9 Å². The van der Waals surface area contributed by atoms with Gasteiger partial charge < -0.3 is 10.6 Å². The van der Waals surface area contributed by atoms with Gasteiger partial charge in [-0.25, -0.2) is 0 Å². The van der Waals surface area contributed by atoms with Crippen LogP contribution in [0, 0.1) is 0 Å². The Morgan fingerprint density at radius 1 is 0.609 bits per heavy atom. The summed E-state index contributed by atoms with van der Waals surface area (Å²) >= 11 is 0. The van der Waals surface area contributed by atoms with E-state index in [1.54, 1.807) is 0 Å². The van der Waals surface area contributed by atoms with Crippen molar-refractivity contribution in [3.05, 3.63) is 48.9 Å². The van der Waals surface area contributed by atoms with Crippen molar-refractivity contribution >= 4 is 0 Å². The molecule has 2 aliphatic rings. The highest BCUT2D eigenvalue weighted by atomic mass is 15.0. The molecule has 23 heavy (non-hydrogen) atoms. The van der Waals surface area contributed by atoms with Gasteiger partial charge in [0.15, 0.2) is 0 Å². The highest BCUT2D eigenvalue weighted by molar-refractivity contribution is 5.20. The van der Waals surface area contributed by atoms with E-state index in [1.165, 1.54) is 57.8 Å². The fourth-order valence-electron chi connectivity index (χ4n) is 3.94. The van der Waals surface area contributed by atoms with Crippen LogP contribution in [0.3, 0.4) is 0 Å². The van der Waals surface area contributed by atoms with Crippen molar-refractivity contribution < 1.29 is 0 Å². The average Bonchev–Trinajstić information content (AvgIpc) is 2.57. The molecule has 2 N–H and O–H groups in total. The Kier molecular flexibility index (Phi) is 7.01. The summed E-state index contributed by atoms with van der Waals surface area (Å²) in [5.74, 6) is 0. The van der Waals surface area contributed by atoms with Crippen molar-refractivity contribution in [3.8, 4) is 0 Å². The zero-order chi connectivity index (χ0) is 16.4. The van der Waals surface area contributed by atoms with E-state index in [0.717, 1.165) is 0 Å². The molecule has 0 radical (unpaired) electrons. The molecule has 2 heterocycles. The van der Waals surface area contributed by atoms with E-state index < -0.39 is 0 Å². The van der Waals surface area contributed by atoms with Crippen molar-refractivity contribution in [2.24, 2.45) is 0 Å². The van der Waals surface area contributed by atoms with Gasteiger partial charge in [0.05, 0.1) is 11.1 Å². The summed E-state index contributed by atoms with van der Waals surface area (Å²) in [5, 5.41) is 7.20. The third-order valence-corrected chi connectivity index (χ3v) is 5.12. The number of hydrogen-bond acceptors (Lipinski definition) is 2. The zero-order valence-corrected chi connectivity index (χ0v) is 15.0. The normalized spacial score (nSPS) is 28.6. The molecule has 0 spiro atoms. The third-order valence-electron chi connectivity index (χ3n) is 5.12. The molecule has 0 amide bonds. The maximum Gasteiger partial charge on any atom is 0.0553 e. The number of unbranched alkanes of at least 4 members (excludes halogenated alkanes) is 2. The molecule has 2 unspecified atom stereocenters. The second-order valence-corrected chi connectivity index (χ2v) is 7.10. The van der Waals surface area contributed by atoms with E-state index in [-0.39, 0.29) is 11.1 Å². The van der Waals surface area contributed by atoms with Gasteiger partial charge in [-0.1, -0.05) is 70.3 Å². The second kappa shape index (κ2) is 9.00. The molecule has 2 aliphatic heterocycles. The van der Waals surface area contributed by atoms with Gasteiger partial charge in [-0.2, -0.15) is 0 Å². The van der Waals surface area contributed by atoms with E-state index in [0.29, 0.717) is 0 Å². The molecule has 0 fully saturated rings. The van der Waals surface area contributed by atoms with Crippen LogP contribution in [-0.4, -0.2) is 11.1 Å². The van der Waals surface area contributed by atoms with Gasteiger partial charge in [-0.3, -0.25) is 0 Å². The minimum absolute atomic E-state index is 0.205. The van der Waals surface area contributed by atoms with Crippen LogP contribution in [0.1, 0.15) is 71.6 Å². The topological polar surface area (TPSA) is 24.1 Å². The van der Waals surface area contributed by atoms with Crippen LogP contribution in [0.5, 0.6) is 0 Å². The number of allylic oxidation sites excluding steroid dienone is 4. The summed E-state index contributed by atoms with van der Waals surface area (Å²) in [7, 11) is 0. The van der Waals surface area contributed by atoms with Crippen LogP contribution >= 0.6 is 0 Å². The third kappa shape index (κ3) is 5.30. The first-order valence-electron chi connectivity index (χ1n) is 9.48. The summed E-state index contributed by atoms with van der Waals surface area (Å²) < 4.78 is 0. The maximum absolute atomic E-state index is 3.60. The Labute approximate surface area is 142 Å². The van der Waals surface area contributed by atoms with Crippen LogP contribution in [0.25, 0.3) is 0 Å². The van der Waals surface area contributed by atoms with E-state index in [4.69, 9.17) is 0 Å². The minimum atomic E-state index is 0.205. The van der Waals surface area contributed by atoms with Crippen molar-refractivity contribution in [2.45, 2.75) is 82.7 Å². The number of hydrogen-bond donors (Lipinski definition) is 2.